The lowest BCUT2D eigenvalue weighted by molar-refractivity contribution is -0.141. The molecular weight excluding hydrogens is 520 g/mol. The number of anilines is 2. The van der Waals surface area contributed by atoms with Crippen molar-refractivity contribution >= 4 is 35.3 Å². The highest BCUT2D eigenvalue weighted by molar-refractivity contribution is 6.31. The summed E-state index contributed by atoms with van der Waals surface area (Å²) < 4.78 is 59.2. The molecular formula is C23H15ClF4N6O3. The third-order valence-corrected chi connectivity index (χ3v) is 5.12. The molecule has 14 heteroatoms. The number of hydrogen-bond donors (Lipinski definition) is 2. The van der Waals surface area contributed by atoms with Crippen LogP contribution in [0.5, 0.6) is 5.88 Å². The number of aromatic nitrogens is 5. The van der Waals surface area contributed by atoms with E-state index in [4.69, 9.17) is 21.4 Å². The fourth-order valence-corrected chi connectivity index (χ4v) is 3.36. The van der Waals surface area contributed by atoms with Crippen molar-refractivity contribution in [2.45, 2.75) is 6.18 Å². The minimum atomic E-state index is -4.69. The molecule has 9 nitrogen and oxygen atoms in total. The zero-order chi connectivity index (χ0) is 26.7. The van der Waals surface area contributed by atoms with Gasteiger partial charge in [0.25, 0.3) is 0 Å². The van der Waals surface area contributed by atoms with Crippen LogP contribution in [0.15, 0.2) is 55.0 Å². The average molecular weight is 535 g/mol. The Balaban J connectivity index is 1.84. The van der Waals surface area contributed by atoms with Crippen molar-refractivity contribution in [3.05, 3.63) is 77.1 Å². The van der Waals surface area contributed by atoms with Gasteiger partial charge in [-0.3, -0.25) is 0 Å². The number of nitrogens with one attached hydrogen (secondary N) is 1. The van der Waals surface area contributed by atoms with Crippen LogP contribution in [0.3, 0.4) is 0 Å². The van der Waals surface area contributed by atoms with Crippen molar-refractivity contribution in [1.82, 2.24) is 24.7 Å². The Labute approximate surface area is 211 Å². The molecule has 0 aliphatic heterocycles. The quantitative estimate of drug-likeness (QED) is 0.240. The zero-order valence-electron chi connectivity index (χ0n) is 18.7. The molecule has 0 saturated heterocycles. The van der Waals surface area contributed by atoms with E-state index in [2.05, 4.69) is 25.4 Å². The number of carboxylic acids is 1. The van der Waals surface area contributed by atoms with Gasteiger partial charge in [0, 0.05) is 47.0 Å². The fourth-order valence-electron chi connectivity index (χ4n) is 3.17. The van der Waals surface area contributed by atoms with Crippen LogP contribution in [0.1, 0.15) is 11.3 Å². The van der Waals surface area contributed by atoms with Gasteiger partial charge in [0.05, 0.1) is 12.1 Å². The Morgan fingerprint density at radius 3 is 2.62 bits per heavy atom. The van der Waals surface area contributed by atoms with E-state index in [-0.39, 0.29) is 33.8 Å². The number of carbonyl (C=O) groups is 1. The van der Waals surface area contributed by atoms with Gasteiger partial charge >= 0.3 is 12.1 Å². The summed E-state index contributed by atoms with van der Waals surface area (Å²) in [4.78, 5) is 23.6. The Hall–Kier alpha value is -4.52. The Kier molecular flexibility index (Phi) is 7.07. The van der Waals surface area contributed by atoms with E-state index < -0.39 is 23.7 Å². The first-order valence-electron chi connectivity index (χ1n) is 10.2. The van der Waals surface area contributed by atoms with Gasteiger partial charge in [0.2, 0.25) is 11.8 Å². The van der Waals surface area contributed by atoms with Crippen molar-refractivity contribution in [2.75, 3.05) is 12.4 Å². The van der Waals surface area contributed by atoms with Crippen molar-refractivity contribution in [1.29, 1.82) is 0 Å². The summed E-state index contributed by atoms with van der Waals surface area (Å²) in [6.45, 7) is 0. The van der Waals surface area contributed by atoms with E-state index in [0.29, 0.717) is 11.3 Å². The normalized spacial score (nSPS) is 11.6. The minimum absolute atomic E-state index is 0.0436. The van der Waals surface area contributed by atoms with Crippen molar-refractivity contribution in [3.8, 4) is 22.8 Å². The van der Waals surface area contributed by atoms with E-state index in [1.165, 1.54) is 43.8 Å². The highest BCUT2D eigenvalue weighted by atomic mass is 35.5. The SMILES string of the molecule is COc1ncc(-c2cnc(Nc3ccc(F)c(Cl)c3)nc2-n2ccc(C(F)(F)F)n2)cc1C=CC(=O)O. The average Bonchev–Trinajstić information content (AvgIpc) is 3.36. The van der Waals surface area contributed by atoms with Gasteiger partial charge in [-0.05, 0) is 36.4 Å². The lowest BCUT2D eigenvalue weighted by Gasteiger charge is -2.13. The monoisotopic (exact) mass is 534 g/mol. The molecule has 4 rings (SSSR count). The fraction of sp³-hybridized carbons (Fsp3) is 0.0870. The second kappa shape index (κ2) is 10.2. The number of carboxylic acid groups (broad SMARTS) is 1. The van der Waals surface area contributed by atoms with Crippen molar-refractivity contribution in [2.24, 2.45) is 0 Å². The molecule has 0 saturated carbocycles. The molecule has 0 spiro atoms. The summed E-state index contributed by atoms with van der Waals surface area (Å²) in [7, 11) is 1.35. The number of aliphatic carboxylic acids is 1. The molecule has 0 atom stereocenters. The van der Waals surface area contributed by atoms with Crippen LogP contribution in [-0.2, 0) is 11.0 Å². The number of pyridine rings is 1. The first-order valence-corrected chi connectivity index (χ1v) is 10.6. The number of rotatable bonds is 7. The number of nitrogens with zero attached hydrogens (tertiary/aromatic N) is 5. The molecule has 0 fully saturated rings. The molecule has 0 aliphatic carbocycles. The second-order valence-corrected chi connectivity index (χ2v) is 7.73. The number of halogens is 5. The van der Waals surface area contributed by atoms with Crippen LogP contribution in [0.4, 0.5) is 29.2 Å². The molecule has 2 N–H and O–H groups in total. The molecule has 0 unspecified atom stereocenters. The van der Waals surface area contributed by atoms with Crippen LogP contribution in [-0.4, -0.2) is 42.9 Å². The molecule has 3 aromatic heterocycles. The van der Waals surface area contributed by atoms with E-state index in [1.807, 2.05) is 0 Å². The van der Waals surface area contributed by atoms with Crippen LogP contribution in [0.2, 0.25) is 5.02 Å². The molecule has 3 heterocycles. The Bertz CT molecular complexity index is 1510. The van der Waals surface area contributed by atoms with Gasteiger partial charge in [-0.2, -0.15) is 23.3 Å². The second-order valence-electron chi connectivity index (χ2n) is 7.32. The predicted octanol–water partition coefficient (Wildman–Crippen LogP) is 5.39. The first-order chi connectivity index (χ1) is 17.5. The van der Waals surface area contributed by atoms with E-state index >= 15 is 0 Å². The topological polar surface area (TPSA) is 115 Å². The van der Waals surface area contributed by atoms with Crippen molar-refractivity contribution in [3.63, 3.8) is 0 Å². The van der Waals surface area contributed by atoms with Gasteiger partial charge in [0.15, 0.2) is 11.5 Å². The van der Waals surface area contributed by atoms with Crippen molar-refractivity contribution < 1.29 is 32.2 Å². The standard InChI is InChI=1S/C23H15ClF4N6O3/c1-37-21-12(2-5-19(35)36)8-13(10-29-21)15-11-30-22(31-14-3-4-17(25)16(24)9-14)32-20(15)34-7-6-18(33-34)23(26,27)28/h2-11H,1H3,(H,35,36)(H,30,31,32). The van der Waals surface area contributed by atoms with Gasteiger partial charge in [-0.1, -0.05) is 11.6 Å². The van der Waals surface area contributed by atoms with Crippen LogP contribution in [0.25, 0.3) is 23.0 Å². The molecule has 0 radical (unpaired) electrons. The maximum Gasteiger partial charge on any atom is 0.435 e. The summed E-state index contributed by atoms with van der Waals surface area (Å²) in [6.07, 6.45) is 1.20. The maximum absolute atomic E-state index is 13.5. The summed E-state index contributed by atoms with van der Waals surface area (Å²) in [6, 6.07) is 6.08. The van der Waals surface area contributed by atoms with E-state index in [9.17, 15) is 22.4 Å². The summed E-state index contributed by atoms with van der Waals surface area (Å²) >= 11 is 5.81. The smallest absolute Gasteiger partial charge is 0.435 e. The first kappa shape index (κ1) is 25.6. The zero-order valence-corrected chi connectivity index (χ0v) is 19.4. The highest BCUT2D eigenvalue weighted by Crippen LogP contribution is 2.32. The summed E-state index contributed by atoms with van der Waals surface area (Å²) in [5.74, 6) is -1.82. The Morgan fingerprint density at radius 2 is 1.97 bits per heavy atom. The lowest BCUT2D eigenvalue weighted by Crippen LogP contribution is -2.10. The maximum atomic E-state index is 13.5. The third-order valence-electron chi connectivity index (χ3n) is 4.83. The molecule has 0 bridgehead atoms. The number of hydrogen-bond acceptors (Lipinski definition) is 7. The van der Waals surface area contributed by atoms with Gasteiger partial charge in [-0.25, -0.2) is 23.8 Å². The van der Waals surface area contributed by atoms with E-state index in [1.54, 1.807) is 0 Å². The molecule has 0 aliphatic rings. The van der Waals surface area contributed by atoms with Gasteiger partial charge < -0.3 is 15.2 Å². The predicted molar refractivity (Wildman–Crippen MR) is 125 cm³/mol. The lowest BCUT2D eigenvalue weighted by atomic mass is 10.1. The molecule has 190 valence electrons. The number of methoxy groups -OCH3 is 1. The number of benzene rings is 1. The molecule has 4 aromatic rings. The Morgan fingerprint density at radius 1 is 1.19 bits per heavy atom. The highest BCUT2D eigenvalue weighted by Gasteiger charge is 2.34. The third kappa shape index (κ3) is 5.83. The van der Waals surface area contributed by atoms with Crippen LogP contribution in [0, 0.1) is 5.82 Å². The van der Waals surface area contributed by atoms with Crippen LogP contribution >= 0.6 is 11.6 Å². The summed E-state index contributed by atoms with van der Waals surface area (Å²) in [5, 5.41) is 15.2. The number of alkyl halides is 3. The van der Waals surface area contributed by atoms with Gasteiger partial charge in [-0.15, -0.1) is 0 Å². The summed E-state index contributed by atoms with van der Waals surface area (Å²) in [5.41, 5.74) is 0.0254. The molecule has 1 aromatic carbocycles. The molecule has 37 heavy (non-hydrogen) atoms. The molecule has 0 amide bonds. The van der Waals surface area contributed by atoms with E-state index in [0.717, 1.165) is 29.1 Å². The minimum Gasteiger partial charge on any atom is -0.481 e. The number of ether oxygens (including phenoxy) is 1. The largest absolute Gasteiger partial charge is 0.481 e. The van der Waals surface area contributed by atoms with Crippen LogP contribution < -0.4 is 10.1 Å². The van der Waals surface area contributed by atoms with Gasteiger partial charge in [0.1, 0.15) is 5.82 Å².